The third kappa shape index (κ3) is 5.38. The molecule has 0 aromatic heterocycles. The van der Waals surface area contributed by atoms with Crippen molar-refractivity contribution in [1.82, 2.24) is 0 Å². The van der Waals surface area contributed by atoms with E-state index in [1.165, 1.54) is 0 Å². The van der Waals surface area contributed by atoms with E-state index in [9.17, 15) is 9.59 Å². The summed E-state index contributed by atoms with van der Waals surface area (Å²) in [7, 11) is 1.56. The van der Waals surface area contributed by atoms with Crippen LogP contribution < -0.4 is 20.1 Å². The van der Waals surface area contributed by atoms with Gasteiger partial charge in [-0.3, -0.25) is 9.59 Å². The first kappa shape index (κ1) is 20.9. The molecule has 3 aromatic rings. The summed E-state index contributed by atoms with van der Waals surface area (Å²) in [5, 5.41) is 5.62. The Morgan fingerprint density at radius 2 is 1.50 bits per heavy atom. The van der Waals surface area contributed by atoms with Crippen LogP contribution in [0.15, 0.2) is 66.7 Å². The van der Waals surface area contributed by atoms with E-state index in [0.29, 0.717) is 28.4 Å². The van der Waals surface area contributed by atoms with Crippen LogP contribution in [-0.4, -0.2) is 25.5 Å². The minimum atomic E-state index is -0.297. The summed E-state index contributed by atoms with van der Waals surface area (Å²) in [6.45, 7) is 3.69. The van der Waals surface area contributed by atoms with Crippen molar-refractivity contribution in [3.05, 3.63) is 83.4 Å². The van der Waals surface area contributed by atoms with Gasteiger partial charge < -0.3 is 20.1 Å². The van der Waals surface area contributed by atoms with Crippen molar-refractivity contribution in [3.63, 3.8) is 0 Å². The zero-order valence-corrected chi connectivity index (χ0v) is 17.2. The molecule has 3 rings (SSSR count). The molecule has 6 heteroatoms. The maximum absolute atomic E-state index is 12.4. The monoisotopic (exact) mass is 404 g/mol. The van der Waals surface area contributed by atoms with Gasteiger partial charge in [-0.1, -0.05) is 24.3 Å². The number of nitrogens with one attached hydrogen (secondary N) is 2. The van der Waals surface area contributed by atoms with E-state index in [0.717, 1.165) is 11.1 Å². The zero-order valence-electron chi connectivity index (χ0n) is 17.2. The summed E-state index contributed by atoms with van der Waals surface area (Å²) >= 11 is 0. The number of hydrogen-bond acceptors (Lipinski definition) is 4. The Kier molecular flexibility index (Phi) is 6.70. The van der Waals surface area contributed by atoms with Gasteiger partial charge in [0.15, 0.2) is 18.1 Å². The number of anilines is 2. The van der Waals surface area contributed by atoms with Crippen LogP contribution in [-0.2, 0) is 4.79 Å². The molecule has 0 spiro atoms. The Bertz CT molecular complexity index is 1050. The number of hydrogen-bond donors (Lipinski definition) is 2. The normalized spacial score (nSPS) is 10.2. The van der Waals surface area contributed by atoms with Gasteiger partial charge in [-0.25, -0.2) is 0 Å². The molecule has 30 heavy (non-hydrogen) atoms. The van der Waals surface area contributed by atoms with Gasteiger partial charge in [0, 0.05) is 16.9 Å². The topological polar surface area (TPSA) is 76.7 Å². The van der Waals surface area contributed by atoms with E-state index in [-0.39, 0.29) is 18.4 Å². The molecule has 0 aliphatic rings. The number of amides is 2. The van der Waals surface area contributed by atoms with Crippen LogP contribution in [0.4, 0.5) is 11.4 Å². The largest absolute Gasteiger partial charge is 0.493 e. The van der Waals surface area contributed by atoms with Gasteiger partial charge in [-0.2, -0.15) is 0 Å². The molecular weight excluding hydrogens is 380 g/mol. The molecule has 0 atom stereocenters. The highest BCUT2D eigenvalue weighted by molar-refractivity contribution is 6.05. The average Bonchev–Trinajstić information content (AvgIpc) is 2.74. The molecule has 0 saturated heterocycles. The van der Waals surface area contributed by atoms with E-state index >= 15 is 0 Å². The lowest BCUT2D eigenvalue weighted by atomic mass is 10.1. The number of ether oxygens (including phenoxy) is 2. The zero-order chi connectivity index (χ0) is 21.5. The Morgan fingerprint density at radius 1 is 0.833 bits per heavy atom. The van der Waals surface area contributed by atoms with E-state index in [1.807, 2.05) is 44.2 Å². The van der Waals surface area contributed by atoms with Crippen molar-refractivity contribution in [2.75, 3.05) is 24.4 Å². The smallest absolute Gasteiger partial charge is 0.262 e. The molecule has 3 aromatic carbocycles. The van der Waals surface area contributed by atoms with Crippen LogP contribution in [0, 0.1) is 13.8 Å². The lowest BCUT2D eigenvalue weighted by Gasteiger charge is -2.12. The summed E-state index contributed by atoms with van der Waals surface area (Å²) in [6, 6.07) is 19.8. The number of carbonyl (C=O) groups is 2. The third-order valence-electron chi connectivity index (χ3n) is 4.49. The van der Waals surface area contributed by atoms with Crippen molar-refractivity contribution >= 4 is 23.2 Å². The molecular formula is C24H24N2O4. The van der Waals surface area contributed by atoms with E-state index in [2.05, 4.69) is 10.6 Å². The highest BCUT2D eigenvalue weighted by atomic mass is 16.5. The highest BCUT2D eigenvalue weighted by Crippen LogP contribution is 2.27. The molecule has 0 aliphatic heterocycles. The molecule has 0 heterocycles. The van der Waals surface area contributed by atoms with E-state index in [1.54, 1.807) is 43.5 Å². The molecule has 0 unspecified atom stereocenters. The lowest BCUT2D eigenvalue weighted by Crippen LogP contribution is -2.20. The Balaban J connectivity index is 1.54. The van der Waals surface area contributed by atoms with Gasteiger partial charge >= 0.3 is 0 Å². The molecule has 154 valence electrons. The minimum absolute atomic E-state index is 0.148. The lowest BCUT2D eigenvalue weighted by molar-refractivity contribution is -0.118. The minimum Gasteiger partial charge on any atom is -0.493 e. The summed E-state index contributed by atoms with van der Waals surface area (Å²) in [5.74, 6) is 0.615. The standard InChI is InChI=1S/C24H24N2O4/c1-16-8-13-21(22(14-16)29-3)30-15-23(27)25-18-9-11-19(12-10-18)26-24(28)20-7-5-4-6-17(20)2/h4-14H,15H2,1-3H3,(H,25,27)(H,26,28). The number of rotatable bonds is 7. The maximum Gasteiger partial charge on any atom is 0.262 e. The molecule has 0 fully saturated rings. The summed E-state index contributed by atoms with van der Waals surface area (Å²) in [5.41, 5.74) is 3.82. The van der Waals surface area contributed by atoms with Gasteiger partial charge in [0.1, 0.15) is 0 Å². The molecule has 0 aliphatic carbocycles. The highest BCUT2D eigenvalue weighted by Gasteiger charge is 2.10. The predicted molar refractivity (Wildman–Crippen MR) is 117 cm³/mol. The van der Waals surface area contributed by atoms with Crippen molar-refractivity contribution in [1.29, 1.82) is 0 Å². The summed E-state index contributed by atoms with van der Waals surface area (Å²) < 4.78 is 10.8. The Labute approximate surface area is 175 Å². The predicted octanol–water partition coefficient (Wildman–Crippen LogP) is 4.58. The van der Waals surface area contributed by atoms with Gasteiger partial charge in [-0.15, -0.1) is 0 Å². The van der Waals surface area contributed by atoms with Crippen LogP contribution >= 0.6 is 0 Å². The first-order chi connectivity index (χ1) is 14.5. The fourth-order valence-electron chi connectivity index (χ4n) is 2.90. The molecule has 0 bridgehead atoms. The number of aryl methyl sites for hydroxylation is 2. The first-order valence-electron chi connectivity index (χ1n) is 9.50. The van der Waals surface area contributed by atoms with Crippen molar-refractivity contribution in [3.8, 4) is 11.5 Å². The quantitative estimate of drug-likeness (QED) is 0.604. The first-order valence-corrected chi connectivity index (χ1v) is 9.50. The van der Waals surface area contributed by atoms with Crippen LogP contribution in [0.2, 0.25) is 0 Å². The maximum atomic E-state index is 12.4. The number of benzene rings is 3. The Morgan fingerprint density at radius 3 is 2.17 bits per heavy atom. The number of methoxy groups -OCH3 is 1. The fraction of sp³-hybridized carbons (Fsp3) is 0.167. The fourth-order valence-corrected chi connectivity index (χ4v) is 2.90. The second-order valence-electron chi connectivity index (χ2n) is 6.84. The molecule has 2 N–H and O–H groups in total. The molecule has 0 saturated carbocycles. The van der Waals surface area contributed by atoms with Gasteiger partial charge in [0.05, 0.1) is 7.11 Å². The van der Waals surface area contributed by atoms with Crippen LogP contribution in [0.1, 0.15) is 21.5 Å². The van der Waals surface area contributed by atoms with Gasteiger partial charge in [-0.05, 0) is 67.4 Å². The average molecular weight is 404 g/mol. The van der Waals surface area contributed by atoms with Crippen molar-refractivity contribution in [2.24, 2.45) is 0 Å². The van der Waals surface area contributed by atoms with E-state index < -0.39 is 0 Å². The summed E-state index contributed by atoms with van der Waals surface area (Å²) in [6.07, 6.45) is 0. The van der Waals surface area contributed by atoms with Crippen LogP contribution in [0.3, 0.4) is 0 Å². The third-order valence-corrected chi connectivity index (χ3v) is 4.49. The van der Waals surface area contributed by atoms with E-state index in [4.69, 9.17) is 9.47 Å². The summed E-state index contributed by atoms with van der Waals surface area (Å²) in [4.78, 5) is 24.6. The Hall–Kier alpha value is -3.80. The van der Waals surface area contributed by atoms with Gasteiger partial charge in [0.25, 0.3) is 11.8 Å². The molecule has 6 nitrogen and oxygen atoms in total. The second kappa shape index (κ2) is 9.60. The molecule has 0 radical (unpaired) electrons. The van der Waals surface area contributed by atoms with Crippen molar-refractivity contribution in [2.45, 2.75) is 13.8 Å². The SMILES string of the molecule is COc1cc(C)ccc1OCC(=O)Nc1ccc(NC(=O)c2ccccc2C)cc1. The number of carbonyl (C=O) groups excluding carboxylic acids is 2. The van der Waals surface area contributed by atoms with Crippen LogP contribution in [0.25, 0.3) is 0 Å². The van der Waals surface area contributed by atoms with Gasteiger partial charge in [0.2, 0.25) is 0 Å². The van der Waals surface area contributed by atoms with Crippen molar-refractivity contribution < 1.29 is 19.1 Å². The van der Waals surface area contributed by atoms with Crippen LogP contribution in [0.5, 0.6) is 11.5 Å². The molecule has 2 amide bonds. The second-order valence-corrected chi connectivity index (χ2v) is 6.84.